The van der Waals surface area contributed by atoms with Crippen LogP contribution < -0.4 is 0 Å². The third-order valence-electron chi connectivity index (χ3n) is 3.89. The summed E-state index contributed by atoms with van der Waals surface area (Å²) in [5.74, 6) is 1.21. The van der Waals surface area contributed by atoms with Gasteiger partial charge in [0.1, 0.15) is 0 Å². The maximum absolute atomic E-state index is 9.88. The molecule has 4 rings (SSSR count). The maximum atomic E-state index is 9.88. The van der Waals surface area contributed by atoms with E-state index in [4.69, 9.17) is 4.84 Å². The highest BCUT2D eigenvalue weighted by atomic mass is 16.7. The van der Waals surface area contributed by atoms with E-state index in [0.717, 1.165) is 31.8 Å². The van der Waals surface area contributed by atoms with Gasteiger partial charge in [-0.15, -0.1) is 0 Å². The van der Waals surface area contributed by atoms with E-state index in [-0.39, 0.29) is 6.10 Å². The monoisotopic (exact) mass is 183 g/mol. The predicted octanol–water partition coefficient (Wildman–Crippen LogP) is 0.783. The minimum absolute atomic E-state index is 0.0760. The molecule has 4 aliphatic rings. The topological polar surface area (TPSA) is 32.7 Å². The van der Waals surface area contributed by atoms with Crippen molar-refractivity contribution in [2.75, 3.05) is 13.1 Å². The van der Waals surface area contributed by atoms with Gasteiger partial charge in [0.2, 0.25) is 0 Å². The summed E-state index contributed by atoms with van der Waals surface area (Å²) in [6.07, 6.45) is 4.78. The zero-order valence-electron chi connectivity index (χ0n) is 7.85. The molecule has 13 heavy (non-hydrogen) atoms. The molecule has 1 saturated carbocycles. The Balaban J connectivity index is 1.87. The largest absolute Gasteiger partial charge is 0.393 e. The van der Waals surface area contributed by atoms with Gasteiger partial charge in [-0.05, 0) is 31.6 Å². The number of hydrogen-bond donors (Lipinski definition) is 1. The Kier molecular flexibility index (Phi) is 1.86. The van der Waals surface area contributed by atoms with E-state index in [1.165, 1.54) is 12.8 Å². The van der Waals surface area contributed by atoms with Gasteiger partial charge in [0, 0.05) is 19.0 Å². The lowest BCUT2D eigenvalue weighted by Gasteiger charge is -2.32. The second-order valence-electron chi connectivity index (χ2n) is 4.73. The Morgan fingerprint density at radius 2 is 1.77 bits per heavy atom. The van der Waals surface area contributed by atoms with Crippen molar-refractivity contribution in [2.45, 2.75) is 37.9 Å². The first-order chi connectivity index (χ1) is 6.33. The molecule has 5 atom stereocenters. The molecular weight excluding hydrogens is 166 g/mol. The summed E-state index contributed by atoms with van der Waals surface area (Å²) in [6, 6.07) is 0. The highest BCUT2D eigenvalue weighted by Crippen LogP contribution is 2.38. The molecule has 0 amide bonds. The number of hydroxylamine groups is 2. The van der Waals surface area contributed by atoms with Gasteiger partial charge in [-0.3, -0.25) is 4.84 Å². The summed E-state index contributed by atoms with van der Waals surface area (Å²) >= 11 is 0. The normalized spacial score (nSPS) is 54.7. The van der Waals surface area contributed by atoms with Crippen LogP contribution in [0.3, 0.4) is 0 Å². The molecule has 74 valence electrons. The SMILES string of the molecule is O[C@@H]1CC[C@@H]2ON3C[C@@H]1CC[C@@H]2C3. The fourth-order valence-corrected chi connectivity index (χ4v) is 3.05. The smallest absolute Gasteiger partial charge is 0.0835 e. The summed E-state index contributed by atoms with van der Waals surface area (Å²) in [5, 5.41) is 12.0. The molecule has 4 fully saturated rings. The Morgan fingerprint density at radius 1 is 1.00 bits per heavy atom. The average Bonchev–Trinajstić information content (AvgIpc) is 2.32. The van der Waals surface area contributed by atoms with Crippen molar-refractivity contribution in [1.29, 1.82) is 0 Å². The number of fused-ring (bicyclic) bond motifs is 3. The van der Waals surface area contributed by atoms with E-state index in [9.17, 15) is 5.11 Å². The molecule has 1 unspecified atom stereocenters. The Labute approximate surface area is 78.6 Å². The lowest BCUT2D eigenvalue weighted by molar-refractivity contribution is -0.178. The van der Waals surface area contributed by atoms with Gasteiger partial charge in [-0.1, -0.05) is 0 Å². The number of hydrogen-bond acceptors (Lipinski definition) is 3. The minimum atomic E-state index is -0.0760. The van der Waals surface area contributed by atoms with Crippen LogP contribution in [0.4, 0.5) is 0 Å². The molecule has 4 bridgehead atoms. The van der Waals surface area contributed by atoms with Crippen LogP contribution in [0.25, 0.3) is 0 Å². The Morgan fingerprint density at radius 3 is 2.69 bits per heavy atom. The molecule has 3 saturated heterocycles. The van der Waals surface area contributed by atoms with Gasteiger partial charge in [0.25, 0.3) is 0 Å². The fraction of sp³-hybridized carbons (Fsp3) is 1.00. The third-order valence-corrected chi connectivity index (χ3v) is 3.89. The molecule has 3 heterocycles. The van der Waals surface area contributed by atoms with Crippen LogP contribution in [-0.2, 0) is 4.84 Å². The first-order valence-electron chi connectivity index (χ1n) is 5.43. The highest BCUT2D eigenvalue weighted by molar-refractivity contribution is 4.89. The molecule has 0 aromatic carbocycles. The van der Waals surface area contributed by atoms with Gasteiger partial charge in [-0.2, -0.15) is 5.06 Å². The molecule has 3 heteroatoms. The van der Waals surface area contributed by atoms with E-state index in [2.05, 4.69) is 5.06 Å². The lowest BCUT2D eigenvalue weighted by atomic mass is 9.84. The van der Waals surface area contributed by atoms with Crippen LogP contribution in [0.15, 0.2) is 0 Å². The first-order valence-corrected chi connectivity index (χ1v) is 5.43. The van der Waals surface area contributed by atoms with Gasteiger partial charge < -0.3 is 5.11 Å². The zero-order valence-corrected chi connectivity index (χ0v) is 7.85. The summed E-state index contributed by atoms with van der Waals surface area (Å²) < 4.78 is 0. The van der Waals surface area contributed by atoms with Crippen LogP contribution in [0.1, 0.15) is 25.7 Å². The molecule has 3 nitrogen and oxygen atoms in total. The van der Waals surface area contributed by atoms with Gasteiger partial charge in [-0.25, -0.2) is 0 Å². The molecular formula is C10H17NO2. The minimum Gasteiger partial charge on any atom is -0.393 e. The summed E-state index contributed by atoms with van der Waals surface area (Å²) in [4.78, 5) is 5.81. The summed E-state index contributed by atoms with van der Waals surface area (Å²) in [5.41, 5.74) is 0. The van der Waals surface area contributed by atoms with Crippen LogP contribution in [-0.4, -0.2) is 35.5 Å². The zero-order chi connectivity index (χ0) is 8.84. The van der Waals surface area contributed by atoms with Crippen LogP contribution in [0.2, 0.25) is 0 Å². The molecule has 0 aromatic rings. The van der Waals surface area contributed by atoms with Crippen molar-refractivity contribution >= 4 is 0 Å². The molecule has 0 spiro atoms. The Bertz CT molecular complexity index is 207. The van der Waals surface area contributed by atoms with Crippen molar-refractivity contribution in [3.05, 3.63) is 0 Å². The maximum Gasteiger partial charge on any atom is 0.0835 e. The number of rotatable bonds is 0. The number of aliphatic hydroxyl groups is 1. The van der Waals surface area contributed by atoms with E-state index in [0.29, 0.717) is 12.0 Å². The van der Waals surface area contributed by atoms with Gasteiger partial charge in [0.15, 0.2) is 0 Å². The van der Waals surface area contributed by atoms with Crippen molar-refractivity contribution in [2.24, 2.45) is 11.8 Å². The second kappa shape index (κ2) is 2.94. The number of nitrogens with zero attached hydrogens (tertiary/aromatic N) is 1. The van der Waals surface area contributed by atoms with E-state index in [1.54, 1.807) is 0 Å². The first kappa shape index (κ1) is 8.21. The van der Waals surface area contributed by atoms with Crippen molar-refractivity contribution in [3.8, 4) is 0 Å². The van der Waals surface area contributed by atoms with E-state index < -0.39 is 0 Å². The second-order valence-corrected chi connectivity index (χ2v) is 4.73. The van der Waals surface area contributed by atoms with E-state index in [1.807, 2.05) is 0 Å². The standard InChI is InChI=1S/C10H17NO2/c12-9-3-4-10-8-2-1-7(9)5-11(6-8)13-10/h7-10,12H,1-6H2/t7-,8+,9+,10-/m0/s1. The van der Waals surface area contributed by atoms with Crippen molar-refractivity contribution in [1.82, 2.24) is 5.06 Å². The van der Waals surface area contributed by atoms with Crippen LogP contribution >= 0.6 is 0 Å². The quantitative estimate of drug-likeness (QED) is 0.602. The third kappa shape index (κ3) is 1.30. The molecule has 3 aliphatic heterocycles. The molecule has 0 aromatic heterocycles. The van der Waals surface area contributed by atoms with Gasteiger partial charge >= 0.3 is 0 Å². The number of aliphatic hydroxyl groups excluding tert-OH is 1. The Hall–Kier alpha value is -0.120. The fourth-order valence-electron chi connectivity index (χ4n) is 3.05. The molecule has 1 aliphatic carbocycles. The average molecular weight is 183 g/mol. The van der Waals surface area contributed by atoms with Crippen LogP contribution in [0, 0.1) is 11.8 Å². The lowest BCUT2D eigenvalue weighted by Crippen LogP contribution is -2.36. The molecule has 0 radical (unpaired) electrons. The van der Waals surface area contributed by atoms with Gasteiger partial charge in [0.05, 0.1) is 12.2 Å². The van der Waals surface area contributed by atoms with Crippen LogP contribution in [0.5, 0.6) is 0 Å². The molecule has 1 N–H and O–H groups in total. The summed E-state index contributed by atoms with van der Waals surface area (Å²) in [6.45, 7) is 2.06. The predicted molar refractivity (Wildman–Crippen MR) is 47.9 cm³/mol. The van der Waals surface area contributed by atoms with E-state index >= 15 is 0 Å². The highest BCUT2D eigenvalue weighted by Gasteiger charge is 2.42. The summed E-state index contributed by atoms with van der Waals surface area (Å²) in [7, 11) is 0. The van der Waals surface area contributed by atoms with Crippen molar-refractivity contribution < 1.29 is 9.94 Å². The van der Waals surface area contributed by atoms with Crippen molar-refractivity contribution in [3.63, 3.8) is 0 Å².